The molecule has 1 unspecified atom stereocenters. The Balaban J connectivity index is 2.78. The smallest absolute Gasteiger partial charge is 0.407 e. The predicted molar refractivity (Wildman–Crippen MR) is 123 cm³/mol. The lowest BCUT2D eigenvalue weighted by atomic mass is 10.0. The van der Waals surface area contributed by atoms with Crippen molar-refractivity contribution in [2.24, 2.45) is 18.0 Å². The largest absolute Gasteiger partial charge is 0.444 e. The highest BCUT2D eigenvalue weighted by Gasteiger charge is 2.22. The first-order valence-electron chi connectivity index (χ1n) is 10.8. The summed E-state index contributed by atoms with van der Waals surface area (Å²) >= 11 is 0. The summed E-state index contributed by atoms with van der Waals surface area (Å²) in [6.45, 7) is 18.1. The van der Waals surface area contributed by atoms with Gasteiger partial charge in [0.05, 0.1) is 12.2 Å². The fourth-order valence-corrected chi connectivity index (χ4v) is 3.14. The number of nitrogens with one attached hydrogen (secondary N) is 2. The van der Waals surface area contributed by atoms with Gasteiger partial charge in [0, 0.05) is 44.5 Å². The molecule has 0 aliphatic carbocycles. The van der Waals surface area contributed by atoms with E-state index in [1.807, 2.05) is 46.5 Å². The molecule has 30 heavy (non-hydrogen) atoms. The summed E-state index contributed by atoms with van der Waals surface area (Å²) in [6.07, 6.45) is 0.426. The van der Waals surface area contributed by atoms with Crippen molar-refractivity contribution < 1.29 is 9.53 Å². The number of alkyl carbamates (subject to hydrolysis) is 1. The fraction of sp³-hybridized carbons (Fsp3) is 0.773. The third-order valence-electron chi connectivity index (χ3n) is 5.02. The zero-order valence-electron chi connectivity index (χ0n) is 20.6. The van der Waals surface area contributed by atoms with Gasteiger partial charge in [-0.05, 0) is 53.9 Å². The Morgan fingerprint density at radius 1 is 1.30 bits per heavy atom. The second-order valence-electron chi connectivity index (χ2n) is 9.15. The van der Waals surface area contributed by atoms with Crippen molar-refractivity contribution in [1.82, 2.24) is 25.3 Å². The molecule has 0 aliphatic rings. The molecular weight excluding hydrogens is 380 g/mol. The number of carbonyl (C=O) groups is 1. The van der Waals surface area contributed by atoms with Crippen LogP contribution in [-0.2, 0) is 18.3 Å². The predicted octanol–water partition coefficient (Wildman–Crippen LogP) is 3.37. The molecule has 0 saturated heterocycles. The normalized spacial score (nSPS) is 13.4. The molecule has 0 spiro atoms. The van der Waals surface area contributed by atoms with E-state index >= 15 is 0 Å². The number of amides is 1. The van der Waals surface area contributed by atoms with Crippen LogP contribution in [0.5, 0.6) is 0 Å². The van der Waals surface area contributed by atoms with Crippen LogP contribution in [0.3, 0.4) is 0 Å². The van der Waals surface area contributed by atoms with Crippen LogP contribution in [0.4, 0.5) is 4.79 Å². The minimum atomic E-state index is -0.504. The van der Waals surface area contributed by atoms with Crippen molar-refractivity contribution in [2.45, 2.75) is 80.0 Å². The maximum atomic E-state index is 12.2. The molecule has 1 amide bonds. The summed E-state index contributed by atoms with van der Waals surface area (Å²) in [6, 6.07) is 0.0213. The van der Waals surface area contributed by atoms with Crippen molar-refractivity contribution in [2.75, 3.05) is 20.1 Å². The van der Waals surface area contributed by atoms with Crippen molar-refractivity contribution >= 4 is 12.1 Å². The van der Waals surface area contributed by atoms with Gasteiger partial charge >= 0.3 is 6.09 Å². The van der Waals surface area contributed by atoms with Crippen molar-refractivity contribution in [1.29, 1.82) is 0 Å². The second kappa shape index (κ2) is 11.2. The number of carbonyl (C=O) groups excluding carboxylic acids is 1. The van der Waals surface area contributed by atoms with E-state index in [-0.39, 0.29) is 12.1 Å². The van der Waals surface area contributed by atoms with E-state index in [4.69, 9.17) is 9.73 Å². The van der Waals surface area contributed by atoms with Gasteiger partial charge in [0.15, 0.2) is 5.96 Å². The zero-order valence-corrected chi connectivity index (χ0v) is 20.6. The lowest BCUT2D eigenvalue weighted by Crippen LogP contribution is -2.45. The first kappa shape index (κ1) is 25.8. The van der Waals surface area contributed by atoms with Crippen molar-refractivity contribution in [3.63, 3.8) is 0 Å². The number of aliphatic imine (C=N–C) groups is 1. The summed E-state index contributed by atoms with van der Waals surface area (Å²) in [5, 5.41) is 10.8. The highest BCUT2D eigenvalue weighted by molar-refractivity contribution is 5.79. The van der Waals surface area contributed by atoms with Gasteiger partial charge in [-0.2, -0.15) is 5.10 Å². The molecule has 0 saturated carbocycles. The molecule has 8 heteroatoms. The molecule has 1 atom stereocenters. The van der Waals surface area contributed by atoms with E-state index in [0.29, 0.717) is 12.5 Å². The Labute approximate surface area is 182 Å². The van der Waals surface area contributed by atoms with Gasteiger partial charge in [0.1, 0.15) is 5.60 Å². The average molecular weight is 423 g/mol. The third kappa shape index (κ3) is 8.24. The number of rotatable bonds is 8. The van der Waals surface area contributed by atoms with Gasteiger partial charge in [-0.1, -0.05) is 13.8 Å². The zero-order chi connectivity index (χ0) is 23.1. The molecule has 1 aromatic heterocycles. The highest BCUT2D eigenvalue weighted by atomic mass is 16.6. The van der Waals surface area contributed by atoms with Crippen LogP contribution in [0.15, 0.2) is 4.99 Å². The summed E-state index contributed by atoms with van der Waals surface area (Å²) in [7, 11) is 3.98. The Kier molecular flexibility index (Phi) is 9.65. The molecule has 1 heterocycles. The number of hydrogen-bond acceptors (Lipinski definition) is 4. The topological polar surface area (TPSA) is 83.8 Å². The fourth-order valence-electron chi connectivity index (χ4n) is 3.14. The van der Waals surface area contributed by atoms with Gasteiger partial charge < -0.3 is 20.3 Å². The molecule has 1 aromatic rings. The van der Waals surface area contributed by atoms with Gasteiger partial charge in [-0.3, -0.25) is 4.68 Å². The average Bonchev–Trinajstić information content (AvgIpc) is 2.85. The second-order valence-corrected chi connectivity index (χ2v) is 9.15. The van der Waals surface area contributed by atoms with E-state index in [1.54, 1.807) is 0 Å². The molecule has 172 valence electrons. The number of ether oxygens (including phenoxy) is 1. The van der Waals surface area contributed by atoms with Crippen LogP contribution in [-0.4, -0.2) is 58.5 Å². The molecule has 0 bridgehead atoms. The molecule has 1 rings (SSSR count). The molecule has 0 aliphatic heterocycles. The van der Waals surface area contributed by atoms with E-state index in [9.17, 15) is 4.79 Å². The minimum absolute atomic E-state index is 0.0213. The summed E-state index contributed by atoms with van der Waals surface area (Å²) < 4.78 is 7.31. The van der Waals surface area contributed by atoms with Crippen LogP contribution >= 0.6 is 0 Å². The van der Waals surface area contributed by atoms with Crippen LogP contribution < -0.4 is 10.6 Å². The number of guanidine groups is 1. The first-order chi connectivity index (χ1) is 13.9. The molecule has 0 radical (unpaired) electrons. The molecule has 2 N–H and O–H groups in total. The summed E-state index contributed by atoms with van der Waals surface area (Å²) in [5.41, 5.74) is 2.80. The molecule has 0 aromatic carbocycles. The lowest BCUT2D eigenvalue weighted by Gasteiger charge is -2.28. The van der Waals surface area contributed by atoms with E-state index in [0.717, 1.165) is 42.4 Å². The Hall–Kier alpha value is -2.25. The summed E-state index contributed by atoms with van der Waals surface area (Å²) in [5.74, 6) is 1.14. The van der Waals surface area contributed by atoms with Gasteiger partial charge in [-0.15, -0.1) is 0 Å². The number of aromatic nitrogens is 2. The van der Waals surface area contributed by atoms with E-state index in [2.05, 4.69) is 48.3 Å². The van der Waals surface area contributed by atoms with Gasteiger partial charge in [-0.25, -0.2) is 9.79 Å². The molecule has 0 fully saturated rings. The van der Waals surface area contributed by atoms with Gasteiger partial charge in [0.2, 0.25) is 0 Å². The van der Waals surface area contributed by atoms with Crippen LogP contribution in [0.2, 0.25) is 0 Å². The molecular formula is C22H42N6O2. The number of aryl methyl sites for hydroxylation is 2. The van der Waals surface area contributed by atoms with E-state index < -0.39 is 5.60 Å². The first-order valence-corrected chi connectivity index (χ1v) is 10.8. The number of nitrogens with zero attached hydrogens (tertiary/aromatic N) is 4. The highest BCUT2D eigenvalue weighted by Crippen LogP contribution is 2.14. The number of hydrogen-bond donors (Lipinski definition) is 2. The Bertz CT molecular complexity index is 718. The van der Waals surface area contributed by atoms with Crippen molar-refractivity contribution in [3.8, 4) is 0 Å². The van der Waals surface area contributed by atoms with Crippen LogP contribution in [0, 0.1) is 19.8 Å². The minimum Gasteiger partial charge on any atom is -0.444 e. The van der Waals surface area contributed by atoms with Crippen LogP contribution in [0.25, 0.3) is 0 Å². The quantitative estimate of drug-likeness (QED) is 0.496. The lowest BCUT2D eigenvalue weighted by molar-refractivity contribution is 0.0486. The maximum absolute atomic E-state index is 12.2. The Morgan fingerprint density at radius 2 is 1.93 bits per heavy atom. The summed E-state index contributed by atoms with van der Waals surface area (Å²) in [4.78, 5) is 19.1. The van der Waals surface area contributed by atoms with Crippen LogP contribution in [0.1, 0.15) is 64.9 Å². The third-order valence-corrected chi connectivity index (χ3v) is 5.02. The van der Waals surface area contributed by atoms with Gasteiger partial charge in [0.25, 0.3) is 0 Å². The van der Waals surface area contributed by atoms with Crippen molar-refractivity contribution in [3.05, 3.63) is 17.0 Å². The maximum Gasteiger partial charge on any atom is 0.407 e. The SMILES string of the molecule is CCNC(=NCc1c(C)nn(C)c1C)N(C)CCC(NC(=O)OC(C)(C)C)C(C)C. The Morgan fingerprint density at radius 3 is 2.40 bits per heavy atom. The monoisotopic (exact) mass is 422 g/mol. The van der Waals surface area contributed by atoms with E-state index in [1.165, 1.54) is 0 Å². The molecule has 8 nitrogen and oxygen atoms in total. The standard InChI is InChI=1S/C22H42N6O2/c1-11-23-20(24-14-18-16(4)26-28(10)17(18)5)27(9)13-12-19(15(2)3)25-21(29)30-22(6,7)8/h15,19H,11-14H2,1-10H3,(H,23,24)(H,25,29).